The van der Waals surface area contributed by atoms with E-state index in [9.17, 15) is 9.59 Å². The van der Waals surface area contributed by atoms with Crippen LogP contribution >= 0.6 is 0 Å². The number of nitrogens with two attached hydrogens (primary N) is 2. The van der Waals surface area contributed by atoms with E-state index >= 15 is 0 Å². The Labute approximate surface area is 122 Å². The average molecular weight is 328 g/mol. The van der Waals surface area contributed by atoms with Gasteiger partial charge in [0, 0.05) is 36.1 Å². The van der Waals surface area contributed by atoms with Crippen LogP contribution in [0.4, 0.5) is 0 Å². The van der Waals surface area contributed by atoms with Crippen molar-refractivity contribution < 1.29 is 48.0 Å². The second-order valence-electron chi connectivity index (χ2n) is 4.63. The fourth-order valence-electron chi connectivity index (χ4n) is 2.00. The molecule has 0 amide bonds. The Kier molecular flexibility index (Phi) is 9.05. The van der Waals surface area contributed by atoms with Crippen molar-refractivity contribution >= 4 is 22.3 Å². The lowest BCUT2D eigenvalue weighted by molar-refractivity contribution is -0.658. The predicted octanol–water partition coefficient (Wildman–Crippen LogP) is -3.74. The Morgan fingerprint density at radius 2 is 1.19 bits per heavy atom. The minimum atomic E-state index is -5.17. The Balaban J connectivity index is 0.000000296. The molecule has 0 aliphatic carbocycles. The molecule has 0 aromatic carbocycles. The maximum absolute atomic E-state index is 10.2. The van der Waals surface area contributed by atoms with Gasteiger partial charge in [-0.2, -0.15) is 0 Å². The first-order valence-corrected chi connectivity index (χ1v) is 7.73. The Bertz CT molecular complexity index is 392. The molecule has 2 heterocycles. The van der Waals surface area contributed by atoms with Crippen LogP contribution in [0.15, 0.2) is 0 Å². The van der Waals surface area contributed by atoms with Crippen LogP contribution in [-0.4, -0.2) is 64.8 Å². The molecule has 124 valence electrons. The third-order valence-corrected chi connectivity index (χ3v) is 2.98. The summed E-state index contributed by atoms with van der Waals surface area (Å²) < 4.78 is 34.1. The van der Waals surface area contributed by atoms with Gasteiger partial charge in [0.1, 0.15) is 0 Å². The molecule has 0 aromatic heterocycles. The van der Waals surface area contributed by atoms with Gasteiger partial charge in [-0.1, -0.05) is 0 Å². The molecule has 0 saturated carbocycles. The molecule has 0 radical (unpaired) electrons. The van der Waals surface area contributed by atoms with E-state index in [-0.39, 0.29) is 12.1 Å². The SMILES string of the molecule is O=C(O)[C@@H]1CCC[NH2+]1.O=C(O)[C@@H]1CCC[NH2+]1.O=S(=O)([O-])[O-]. The van der Waals surface area contributed by atoms with Gasteiger partial charge in [0.15, 0.2) is 12.1 Å². The molecular weight excluding hydrogens is 308 g/mol. The van der Waals surface area contributed by atoms with Crippen molar-refractivity contribution in [3.05, 3.63) is 0 Å². The number of hydrogen-bond donors (Lipinski definition) is 4. The van der Waals surface area contributed by atoms with Crippen LogP contribution in [0.1, 0.15) is 25.7 Å². The smallest absolute Gasteiger partial charge is 0.362 e. The largest absolute Gasteiger partial charge is 0.759 e. The highest BCUT2D eigenvalue weighted by molar-refractivity contribution is 7.79. The van der Waals surface area contributed by atoms with Crippen LogP contribution in [-0.2, 0) is 20.0 Å². The molecule has 0 bridgehead atoms. The number of aliphatic carboxylic acids is 2. The Morgan fingerprint density at radius 1 is 0.905 bits per heavy atom. The summed E-state index contributed by atoms with van der Waals surface area (Å²) in [5.41, 5.74) is 0. The number of carboxylic acids is 2. The minimum absolute atomic E-state index is 0.144. The van der Waals surface area contributed by atoms with Gasteiger partial charge in [-0.05, 0) is 0 Å². The van der Waals surface area contributed by atoms with E-state index in [0.717, 1.165) is 38.8 Å². The van der Waals surface area contributed by atoms with Crippen molar-refractivity contribution in [3.8, 4) is 0 Å². The summed E-state index contributed by atoms with van der Waals surface area (Å²) in [6.07, 6.45) is 3.79. The minimum Gasteiger partial charge on any atom is -0.759 e. The topological polar surface area (TPSA) is 188 Å². The maximum Gasteiger partial charge on any atom is 0.362 e. The quantitative estimate of drug-likeness (QED) is 0.294. The molecule has 2 atom stereocenters. The number of rotatable bonds is 2. The highest BCUT2D eigenvalue weighted by Crippen LogP contribution is 1.96. The molecule has 11 heteroatoms. The van der Waals surface area contributed by atoms with Gasteiger partial charge in [-0.25, -0.2) is 9.59 Å². The summed E-state index contributed by atoms with van der Waals surface area (Å²) in [5, 5.41) is 20.5. The molecule has 0 spiro atoms. The van der Waals surface area contributed by atoms with E-state index in [1.54, 1.807) is 0 Å². The zero-order chi connectivity index (χ0) is 16.5. The molecule has 0 unspecified atom stereocenters. The highest BCUT2D eigenvalue weighted by atomic mass is 32.3. The molecule has 2 rings (SSSR count). The number of carboxylic acid groups (broad SMARTS) is 2. The summed E-state index contributed by atoms with van der Waals surface area (Å²) in [6, 6.07) is -0.287. The van der Waals surface area contributed by atoms with Gasteiger partial charge in [0.25, 0.3) is 0 Å². The lowest BCUT2D eigenvalue weighted by atomic mass is 10.2. The summed E-state index contributed by atoms with van der Waals surface area (Å²) >= 11 is 0. The second-order valence-corrected chi connectivity index (χ2v) is 5.45. The van der Waals surface area contributed by atoms with Crippen molar-refractivity contribution in [3.63, 3.8) is 0 Å². The zero-order valence-electron chi connectivity index (χ0n) is 11.3. The van der Waals surface area contributed by atoms with Crippen molar-refractivity contribution in [2.75, 3.05) is 13.1 Å². The number of carbonyl (C=O) groups is 2. The second kappa shape index (κ2) is 9.63. The van der Waals surface area contributed by atoms with Crippen LogP contribution in [0.2, 0.25) is 0 Å². The highest BCUT2D eigenvalue weighted by Gasteiger charge is 2.25. The van der Waals surface area contributed by atoms with E-state index in [1.807, 2.05) is 10.6 Å². The predicted molar refractivity (Wildman–Crippen MR) is 65.4 cm³/mol. The fourth-order valence-corrected chi connectivity index (χ4v) is 2.00. The monoisotopic (exact) mass is 328 g/mol. The van der Waals surface area contributed by atoms with E-state index in [0.29, 0.717) is 0 Å². The molecule has 0 aromatic rings. The van der Waals surface area contributed by atoms with Gasteiger partial charge in [-0.15, -0.1) is 0 Å². The first-order valence-electron chi connectivity index (χ1n) is 6.40. The van der Waals surface area contributed by atoms with Crippen LogP contribution in [0.25, 0.3) is 0 Å². The summed E-state index contributed by atoms with van der Waals surface area (Å²) in [6.45, 7) is 1.97. The maximum atomic E-state index is 10.2. The molecule has 6 N–H and O–H groups in total. The summed E-state index contributed by atoms with van der Waals surface area (Å²) in [4.78, 5) is 20.3. The van der Waals surface area contributed by atoms with E-state index in [1.165, 1.54) is 0 Å². The van der Waals surface area contributed by atoms with Gasteiger partial charge >= 0.3 is 11.9 Å². The number of quaternary nitrogens is 2. The third kappa shape index (κ3) is 12.2. The van der Waals surface area contributed by atoms with Crippen molar-refractivity contribution in [2.24, 2.45) is 0 Å². The third-order valence-electron chi connectivity index (χ3n) is 2.98. The van der Waals surface area contributed by atoms with Crippen molar-refractivity contribution in [1.82, 2.24) is 0 Å². The molecule has 2 fully saturated rings. The Hall–Kier alpha value is -1.27. The van der Waals surface area contributed by atoms with Crippen molar-refractivity contribution in [2.45, 2.75) is 37.8 Å². The first-order chi connectivity index (χ1) is 9.61. The summed E-state index contributed by atoms with van der Waals surface area (Å²) in [5.74, 6) is -1.33. The van der Waals surface area contributed by atoms with Gasteiger partial charge in [-0.3, -0.25) is 8.42 Å². The summed E-state index contributed by atoms with van der Waals surface area (Å²) in [7, 11) is -5.17. The normalized spacial score (nSPS) is 24.3. The fraction of sp³-hybridized carbons (Fsp3) is 0.800. The lowest BCUT2D eigenvalue weighted by Gasteiger charge is -2.06. The molecule has 2 aliphatic heterocycles. The molecular formula is C10H20N2O8S. The number of hydrogen-bond acceptors (Lipinski definition) is 6. The molecule has 21 heavy (non-hydrogen) atoms. The van der Waals surface area contributed by atoms with E-state index in [4.69, 9.17) is 27.7 Å². The van der Waals surface area contributed by atoms with Gasteiger partial charge in [0.05, 0.1) is 13.1 Å². The van der Waals surface area contributed by atoms with Gasteiger partial charge < -0.3 is 30.0 Å². The standard InChI is InChI=1S/2C5H9NO2.H2O4S/c2*7-5(8)4-2-1-3-6-4;1-5(2,3)4/h2*4,6H,1-3H2,(H,7,8);(H2,1,2,3,4)/t2*4-;/m00./s1. The molecule has 2 saturated heterocycles. The van der Waals surface area contributed by atoms with Crippen LogP contribution in [0.3, 0.4) is 0 Å². The van der Waals surface area contributed by atoms with Crippen LogP contribution < -0.4 is 10.6 Å². The van der Waals surface area contributed by atoms with Crippen LogP contribution in [0, 0.1) is 0 Å². The molecule has 2 aliphatic rings. The Morgan fingerprint density at radius 3 is 1.29 bits per heavy atom. The molecule has 10 nitrogen and oxygen atoms in total. The van der Waals surface area contributed by atoms with Gasteiger partial charge in [0.2, 0.25) is 0 Å². The average Bonchev–Trinajstić information content (AvgIpc) is 3.02. The lowest BCUT2D eigenvalue weighted by Crippen LogP contribution is -2.88. The van der Waals surface area contributed by atoms with Crippen molar-refractivity contribution in [1.29, 1.82) is 0 Å². The first kappa shape index (κ1) is 19.7. The van der Waals surface area contributed by atoms with E-state index < -0.39 is 22.3 Å². The van der Waals surface area contributed by atoms with E-state index in [2.05, 4.69) is 0 Å². The van der Waals surface area contributed by atoms with Crippen LogP contribution in [0.5, 0.6) is 0 Å². The zero-order valence-corrected chi connectivity index (χ0v) is 12.1.